The third-order valence-electron chi connectivity index (χ3n) is 3.60. The fourth-order valence-electron chi connectivity index (χ4n) is 2.27. The van der Waals surface area contributed by atoms with Crippen LogP contribution in [0.1, 0.15) is 18.5 Å². The Bertz CT molecular complexity index is 837. The molecule has 0 aliphatic rings. The number of nitrogens with two attached hydrogens (primary N) is 1. The quantitative estimate of drug-likeness (QED) is 0.819. The van der Waals surface area contributed by atoms with Crippen molar-refractivity contribution in [1.29, 1.82) is 0 Å². The molecule has 0 fully saturated rings. The molecule has 3 N–H and O–H groups in total. The van der Waals surface area contributed by atoms with Crippen LogP contribution in [-0.4, -0.2) is 27.1 Å². The Morgan fingerprint density at radius 1 is 1.21 bits per heavy atom. The Morgan fingerprint density at radius 2 is 1.92 bits per heavy atom. The van der Waals surface area contributed by atoms with E-state index in [1.807, 2.05) is 36.5 Å². The van der Waals surface area contributed by atoms with Gasteiger partial charge < -0.3 is 10.6 Å². The van der Waals surface area contributed by atoms with E-state index in [9.17, 15) is 13.2 Å². The highest BCUT2D eigenvalue weighted by Crippen LogP contribution is 2.19. The summed E-state index contributed by atoms with van der Waals surface area (Å²) in [5, 5.41) is 5.25. The number of halogens is 1. The number of anilines is 1. The molecule has 5 nitrogen and oxygen atoms in total. The van der Waals surface area contributed by atoms with Crippen molar-refractivity contribution >= 4 is 33.0 Å². The molecule has 0 bridgehead atoms. The van der Waals surface area contributed by atoms with Gasteiger partial charge in [0.2, 0.25) is 0 Å². The highest BCUT2D eigenvalue weighted by atomic mass is 35.5. The van der Waals surface area contributed by atoms with Gasteiger partial charge in [-0.05, 0) is 31.2 Å². The van der Waals surface area contributed by atoms with E-state index in [1.165, 1.54) is 12.1 Å². The van der Waals surface area contributed by atoms with Gasteiger partial charge in [0, 0.05) is 22.5 Å². The van der Waals surface area contributed by atoms with Crippen molar-refractivity contribution in [3.05, 3.63) is 59.1 Å². The first-order chi connectivity index (χ1) is 11.3. The van der Waals surface area contributed by atoms with Crippen LogP contribution < -0.4 is 10.6 Å². The molecule has 0 heterocycles. The van der Waals surface area contributed by atoms with Crippen LogP contribution in [0, 0.1) is 0 Å². The maximum absolute atomic E-state index is 12.1. The molecule has 0 spiro atoms. The van der Waals surface area contributed by atoms with Crippen molar-refractivity contribution in [1.82, 2.24) is 0 Å². The van der Waals surface area contributed by atoms with Crippen molar-refractivity contribution in [3.8, 4) is 0 Å². The minimum Gasteiger partial charge on any atom is -0.332 e. The molecule has 24 heavy (non-hydrogen) atoms. The van der Waals surface area contributed by atoms with Crippen LogP contribution in [0.5, 0.6) is 0 Å². The number of nitrogens with one attached hydrogen (secondary N) is 1. The van der Waals surface area contributed by atoms with Crippen LogP contribution in [0.3, 0.4) is 0 Å². The number of carbonyl (C=O) groups is 1. The van der Waals surface area contributed by atoms with Gasteiger partial charge in [-0.3, -0.25) is 4.79 Å². The van der Waals surface area contributed by atoms with Crippen molar-refractivity contribution in [2.45, 2.75) is 17.9 Å². The molecule has 2 rings (SSSR count). The first-order valence-corrected chi connectivity index (χ1v) is 9.72. The van der Waals surface area contributed by atoms with Gasteiger partial charge in [-0.1, -0.05) is 35.9 Å². The van der Waals surface area contributed by atoms with Crippen LogP contribution in [0.2, 0.25) is 5.02 Å². The molecular weight excluding hydrogens is 348 g/mol. The number of rotatable bonds is 6. The van der Waals surface area contributed by atoms with Gasteiger partial charge in [0.25, 0.3) is 5.91 Å². The topological polar surface area (TPSA) is 79.8 Å². The van der Waals surface area contributed by atoms with Crippen LogP contribution in [-0.2, 0) is 14.6 Å². The van der Waals surface area contributed by atoms with Gasteiger partial charge in [0.15, 0.2) is 16.4 Å². The molecule has 0 unspecified atom stereocenters. The number of benzene rings is 2. The third kappa shape index (κ3) is 5.06. The predicted molar refractivity (Wildman–Crippen MR) is 94.8 cm³/mol. The maximum atomic E-state index is 12.1. The zero-order valence-corrected chi connectivity index (χ0v) is 15.1. The van der Waals surface area contributed by atoms with Crippen molar-refractivity contribution < 1.29 is 18.5 Å². The van der Waals surface area contributed by atoms with Crippen molar-refractivity contribution in [2.24, 2.45) is 0 Å². The highest BCUT2D eigenvalue weighted by Gasteiger charge is 2.14. The molecule has 2 aromatic carbocycles. The first-order valence-electron chi connectivity index (χ1n) is 7.45. The fourth-order valence-corrected chi connectivity index (χ4v) is 3.25. The number of quaternary nitrogens is 1. The van der Waals surface area contributed by atoms with Crippen LogP contribution in [0.15, 0.2) is 53.4 Å². The number of amides is 1. The molecule has 2 aromatic rings. The molecule has 0 saturated carbocycles. The summed E-state index contributed by atoms with van der Waals surface area (Å²) in [6.45, 7) is 2.17. The minimum atomic E-state index is -3.30. The lowest BCUT2D eigenvalue weighted by Crippen LogP contribution is -2.86. The van der Waals surface area contributed by atoms with Gasteiger partial charge in [0.1, 0.15) is 6.04 Å². The van der Waals surface area contributed by atoms with E-state index in [-0.39, 0.29) is 23.4 Å². The average molecular weight is 368 g/mol. The average Bonchev–Trinajstić information content (AvgIpc) is 2.52. The number of carbonyl (C=O) groups excluding carboxylic acids is 1. The van der Waals surface area contributed by atoms with Gasteiger partial charge in [-0.25, -0.2) is 8.42 Å². The summed E-state index contributed by atoms with van der Waals surface area (Å²) in [5.74, 6) is -0.209. The van der Waals surface area contributed by atoms with E-state index in [0.717, 1.165) is 11.8 Å². The number of hydrogen-bond acceptors (Lipinski definition) is 3. The second kappa shape index (κ2) is 7.79. The molecule has 0 saturated heterocycles. The van der Waals surface area contributed by atoms with Gasteiger partial charge in [-0.2, -0.15) is 0 Å². The van der Waals surface area contributed by atoms with E-state index in [2.05, 4.69) is 5.32 Å². The molecule has 0 aromatic heterocycles. The second-order valence-corrected chi connectivity index (χ2v) is 8.02. The Labute approximate surface area is 147 Å². The highest BCUT2D eigenvalue weighted by molar-refractivity contribution is 7.90. The normalized spacial score (nSPS) is 12.6. The zero-order chi connectivity index (χ0) is 17.7. The minimum absolute atomic E-state index is 0.0341. The number of hydrogen-bond donors (Lipinski definition) is 2. The third-order valence-corrected chi connectivity index (χ3v) is 5.05. The summed E-state index contributed by atoms with van der Waals surface area (Å²) < 4.78 is 23.1. The summed E-state index contributed by atoms with van der Waals surface area (Å²) in [5.41, 5.74) is 1.42. The molecule has 0 radical (unpaired) electrons. The largest absolute Gasteiger partial charge is 0.332 e. The summed E-state index contributed by atoms with van der Waals surface area (Å²) >= 11 is 6.15. The lowest BCUT2D eigenvalue weighted by atomic mass is 10.1. The SMILES string of the molecule is C[C@H]([NH2+]CC(=O)Nc1cccc(S(C)(=O)=O)c1)c1ccccc1Cl. The molecular formula is C17H20ClN2O3S+. The summed E-state index contributed by atoms with van der Waals surface area (Å²) in [4.78, 5) is 12.2. The lowest BCUT2D eigenvalue weighted by Gasteiger charge is -2.12. The van der Waals surface area contributed by atoms with Crippen LogP contribution in [0.4, 0.5) is 5.69 Å². The summed E-state index contributed by atoms with van der Waals surface area (Å²) in [6, 6.07) is 13.7. The lowest BCUT2D eigenvalue weighted by molar-refractivity contribution is -0.682. The predicted octanol–water partition coefficient (Wildman–Crippen LogP) is 2.01. The molecule has 0 aliphatic carbocycles. The first kappa shape index (κ1) is 18.4. The molecule has 0 aliphatic heterocycles. The standard InChI is InChI=1S/C17H19ClN2O3S/c1-12(15-8-3-4-9-16(15)18)19-11-17(21)20-13-6-5-7-14(10-13)24(2,22)23/h3-10,12,19H,11H2,1-2H3,(H,20,21)/p+1/t12-/m0/s1. The van der Waals surface area contributed by atoms with E-state index < -0.39 is 9.84 Å². The second-order valence-electron chi connectivity index (χ2n) is 5.60. The van der Waals surface area contributed by atoms with Gasteiger partial charge in [-0.15, -0.1) is 0 Å². The van der Waals surface area contributed by atoms with E-state index in [4.69, 9.17) is 11.6 Å². The Morgan fingerprint density at radius 3 is 2.58 bits per heavy atom. The van der Waals surface area contributed by atoms with E-state index in [1.54, 1.807) is 12.1 Å². The molecule has 7 heteroatoms. The van der Waals surface area contributed by atoms with E-state index in [0.29, 0.717) is 10.7 Å². The summed E-state index contributed by atoms with van der Waals surface area (Å²) in [6.07, 6.45) is 1.13. The van der Waals surface area contributed by atoms with Crippen LogP contribution >= 0.6 is 11.6 Å². The van der Waals surface area contributed by atoms with Gasteiger partial charge >= 0.3 is 0 Å². The monoisotopic (exact) mass is 367 g/mol. The Kier molecular flexibility index (Phi) is 5.99. The number of sulfone groups is 1. The Hall–Kier alpha value is -1.89. The summed E-state index contributed by atoms with van der Waals surface area (Å²) in [7, 11) is -3.30. The molecule has 1 amide bonds. The Balaban J connectivity index is 1.96. The van der Waals surface area contributed by atoms with Gasteiger partial charge in [0.05, 0.1) is 4.90 Å². The smallest absolute Gasteiger partial charge is 0.279 e. The van der Waals surface area contributed by atoms with Crippen molar-refractivity contribution in [3.63, 3.8) is 0 Å². The molecule has 1 atom stereocenters. The molecule has 128 valence electrons. The van der Waals surface area contributed by atoms with Crippen molar-refractivity contribution in [2.75, 3.05) is 18.1 Å². The fraction of sp³-hybridized carbons (Fsp3) is 0.235. The maximum Gasteiger partial charge on any atom is 0.279 e. The zero-order valence-electron chi connectivity index (χ0n) is 13.5. The van der Waals surface area contributed by atoms with Crippen LogP contribution in [0.25, 0.3) is 0 Å². The van der Waals surface area contributed by atoms with E-state index >= 15 is 0 Å².